The van der Waals surface area contributed by atoms with Gasteiger partial charge in [0.2, 0.25) is 0 Å². The van der Waals surface area contributed by atoms with Gasteiger partial charge in [-0.25, -0.2) is 0 Å². The van der Waals surface area contributed by atoms with Gasteiger partial charge >= 0.3 is 35.5 Å². The van der Waals surface area contributed by atoms with Crippen molar-refractivity contribution < 1.29 is 46.4 Å². The summed E-state index contributed by atoms with van der Waals surface area (Å²) in [4.78, 5) is 10.8. The summed E-state index contributed by atoms with van der Waals surface area (Å²) < 4.78 is 28.8. The maximum absolute atomic E-state index is 10.8. The summed E-state index contributed by atoms with van der Waals surface area (Å²) in [5.74, 6) is -1.55. The van der Waals surface area contributed by atoms with Crippen molar-refractivity contribution in [3.05, 3.63) is 0 Å². The van der Waals surface area contributed by atoms with E-state index in [0.717, 1.165) is 0 Å². The second-order valence-electron chi connectivity index (χ2n) is 2.93. The van der Waals surface area contributed by atoms with Crippen molar-refractivity contribution in [2.24, 2.45) is 0 Å². The third-order valence-electron chi connectivity index (χ3n) is 0.964. The summed E-state index contributed by atoms with van der Waals surface area (Å²) in [5.41, 5.74) is -2.32. The monoisotopic (exact) mass is 174 g/mol. The fourth-order valence-corrected chi connectivity index (χ4v) is 0.962. The van der Waals surface area contributed by atoms with Gasteiger partial charge in [-0.2, -0.15) is 0 Å². The van der Waals surface area contributed by atoms with Crippen LogP contribution in [0.5, 0.6) is 0 Å². The van der Waals surface area contributed by atoms with Gasteiger partial charge in [0.25, 0.3) is 0 Å². The molecule has 0 amide bonds. The summed E-state index contributed by atoms with van der Waals surface area (Å²) >= 11 is 0. The SMILES string of the molecule is [2H]C([2H])([2H])C([2H])(C(=O)O)[Si](C)(C)C.[H-].[Na+]. The number of carboxylic acid groups (broad SMARTS) is 1. The third-order valence-corrected chi connectivity index (χ3v) is 2.68. The predicted molar refractivity (Wildman–Crippen MR) is 41.5 cm³/mol. The van der Waals surface area contributed by atoms with Crippen LogP contribution in [0, 0.1) is 0 Å². The molecule has 0 aromatic rings. The van der Waals surface area contributed by atoms with Crippen molar-refractivity contribution in [3.8, 4) is 0 Å². The zero-order valence-electron chi connectivity index (χ0n) is 11.9. The van der Waals surface area contributed by atoms with Crippen molar-refractivity contribution in [2.75, 3.05) is 0 Å². The van der Waals surface area contributed by atoms with Crippen LogP contribution >= 0.6 is 0 Å². The molecule has 0 aromatic heterocycles. The van der Waals surface area contributed by atoms with E-state index in [1.807, 2.05) is 0 Å². The van der Waals surface area contributed by atoms with E-state index in [2.05, 4.69) is 0 Å². The van der Waals surface area contributed by atoms with Crippen LogP contribution in [0.3, 0.4) is 0 Å². The van der Waals surface area contributed by atoms with Crippen LogP contribution in [-0.2, 0) is 4.79 Å². The molecule has 1 N–H and O–H groups in total. The Morgan fingerprint density at radius 3 is 2.20 bits per heavy atom. The summed E-state index contributed by atoms with van der Waals surface area (Å²) in [7, 11) is -2.60. The predicted octanol–water partition coefficient (Wildman–Crippen LogP) is -1.08. The zero-order valence-corrected chi connectivity index (χ0v) is 9.86. The molecule has 0 fully saturated rings. The number of carboxylic acids is 1. The van der Waals surface area contributed by atoms with E-state index in [9.17, 15) is 4.79 Å². The number of aliphatic carboxylic acids is 1. The topological polar surface area (TPSA) is 37.3 Å². The quantitative estimate of drug-likeness (QED) is 0.541. The average molecular weight is 174 g/mol. The Kier molecular flexibility index (Phi) is 2.83. The molecular weight excluding hydrogens is 155 g/mol. The number of hydrogen-bond acceptors (Lipinski definition) is 1. The minimum absolute atomic E-state index is 0. The first-order valence-corrected chi connectivity index (χ1v) is 6.18. The van der Waals surface area contributed by atoms with Gasteiger partial charge in [0.1, 0.15) is 0 Å². The molecule has 0 spiro atoms. The minimum Gasteiger partial charge on any atom is -1.00 e. The van der Waals surface area contributed by atoms with Crippen LogP contribution in [0.1, 0.15) is 13.8 Å². The molecule has 0 aliphatic heterocycles. The number of rotatable bonds is 2. The van der Waals surface area contributed by atoms with Gasteiger partial charge < -0.3 is 6.53 Å². The minimum atomic E-state index is -2.76. The largest absolute Gasteiger partial charge is 1.00 e. The second-order valence-corrected chi connectivity index (χ2v) is 7.93. The van der Waals surface area contributed by atoms with Gasteiger partial charge in [-0.15, -0.1) is 0 Å². The van der Waals surface area contributed by atoms with Crippen molar-refractivity contribution in [2.45, 2.75) is 32.0 Å². The molecular formula is C6H15NaO2Si. The normalized spacial score (nSPS) is 23.9. The van der Waals surface area contributed by atoms with E-state index < -0.39 is 26.4 Å². The van der Waals surface area contributed by atoms with Crippen molar-refractivity contribution in [1.82, 2.24) is 0 Å². The van der Waals surface area contributed by atoms with Gasteiger partial charge in [-0.3, -0.25) is 4.79 Å². The molecule has 0 heterocycles. The molecule has 1 unspecified atom stereocenters. The van der Waals surface area contributed by atoms with Gasteiger partial charge in [0, 0.05) is 11.0 Å². The van der Waals surface area contributed by atoms with Gasteiger partial charge in [0.15, 0.2) is 0 Å². The van der Waals surface area contributed by atoms with E-state index in [-0.39, 0.29) is 31.0 Å². The van der Waals surface area contributed by atoms with Crippen molar-refractivity contribution in [3.63, 3.8) is 0 Å². The molecule has 4 heteroatoms. The Morgan fingerprint density at radius 1 is 1.80 bits per heavy atom. The van der Waals surface area contributed by atoms with E-state index in [4.69, 9.17) is 10.6 Å². The van der Waals surface area contributed by atoms with Crippen LogP contribution in [0.15, 0.2) is 0 Å². The Hall–Kier alpha value is 0.687. The van der Waals surface area contributed by atoms with Gasteiger partial charge in [-0.1, -0.05) is 26.5 Å². The molecule has 0 radical (unpaired) electrons. The molecule has 0 saturated heterocycles. The first-order valence-electron chi connectivity index (χ1n) is 4.68. The average Bonchev–Trinajstić information content (AvgIpc) is 1.80. The van der Waals surface area contributed by atoms with Crippen LogP contribution < -0.4 is 29.6 Å². The fourth-order valence-electron chi connectivity index (χ4n) is 0.321. The molecule has 0 aliphatic rings. The molecule has 0 aromatic carbocycles. The summed E-state index contributed by atoms with van der Waals surface area (Å²) in [6.07, 6.45) is 0. The van der Waals surface area contributed by atoms with E-state index in [1.165, 1.54) is 0 Å². The van der Waals surface area contributed by atoms with Crippen molar-refractivity contribution in [1.29, 1.82) is 0 Å². The van der Waals surface area contributed by atoms with Gasteiger partial charge in [-0.05, 0) is 0 Å². The molecule has 0 rings (SSSR count). The second kappa shape index (κ2) is 4.54. The Labute approximate surface area is 92.4 Å². The van der Waals surface area contributed by atoms with Gasteiger partial charge in [0.05, 0.1) is 8.07 Å². The molecule has 10 heavy (non-hydrogen) atoms. The van der Waals surface area contributed by atoms with E-state index in [1.54, 1.807) is 19.6 Å². The maximum Gasteiger partial charge on any atom is 1.00 e. The fraction of sp³-hybridized carbons (Fsp3) is 0.833. The zero-order chi connectivity index (χ0) is 11.1. The standard InChI is InChI=1S/C6H14O2Si.Na.H/c1-5(6(7)8)9(2,3)4;;/h5H,1-4H3,(H,7,8);;/q;+1;-1/i1D3,5D;;. The molecule has 0 aliphatic carbocycles. The summed E-state index contributed by atoms with van der Waals surface area (Å²) in [6, 6.07) is 0. The smallest absolute Gasteiger partial charge is 1.00 e. The Bertz CT molecular complexity index is 211. The first-order chi connectivity index (χ1) is 5.44. The number of carbonyl (C=O) groups is 1. The van der Waals surface area contributed by atoms with Crippen molar-refractivity contribution >= 4 is 14.0 Å². The molecule has 0 bridgehead atoms. The molecule has 0 saturated carbocycles. The maximum atomic E-state index is 10.8. The van der Waals surface area contributed by atoms with E-state index in [0.29, 0.717) is 0 Å². The third kappa shape index (κ3) is 4.49. The van der Waals surface area contributed by atoms with Crippen LogP contribution in [0.2, 0.25) is 25.2 Å². The Morgan fingerprint density at radius 2 is 2.20 bits per heavy atom. The molecule has 2 nitrogen and oxygen atoms in total. The van der Waals surface area contributed by atoms with Crippen LogP contribution in [-0.4, -0.2) is 19.1 Å². The Balaban J connectivity index is -0.000000720. The molecule has 1 atom stereocenters. The van der Waals surface area contributed by atoms with Crippen LogP contribution in [0.25, 0.3) is 0 Å². The van der Waals surface area contributed by atoms with Crippen LogP contribution in [0.4, 0.5) is 0 Å². The molecule has 56 valence electrons. The summed E-state index contributed by atoms with van der Waals surface area (Å²) in [6.45, 7) is 1.95. The van der Waals surface area contributed by atoms with E-state index >= 15 is 0 Å². The first kappa shape index (κ1) is 6.23. The summed E-state index contributed by atoms with van der Waals surface area (Å²) in [5, 5.41) is 8.79. The number of hydrogen-bond donors (Lipinski definition) is 1.